The van der Waals surface area contributed by atoms with Crippen molar-refractivity contribution in [1.29, 1.82) is 0 Å². The molecule has 4 atom stereocenters. The van der Waals surface area contributed by atoms with Crippen molar-refractivity contribution in [1.82, 2.24) is 41.0 Å². The zero-order valence-corrected chi connectivity index (χ0v) is 36.6. The number of hydrogen-bond acceptors (Lipinski definition) is 13. The first kappa shape index (κ1) is 47.6. The number of aromatic nitrogens is 2. The van der Waals surface area contributed by atoms with Gasteiger partial charge in [-0.15, -0.1) is 0 Å². The number of pyridine rings is 2. The van der Waals surface area contributed by atoms with Crippen molar-refractivity contribution in [3.05, 3.63) is 74.3 Å². The highest BCUT2D eigenvalue weighted by molar-refractivity contribution is 6.12. The molecule has 3 aliphatic heterocycles. The van der Waals surface area contributed by atoms with Crippen LogP contribution in [-0.4, -0.2) is 105 Å². The highest BCUT2D eigenvalue weighted by Crippen LogP contribution is 2.40. The number of fused-ring (bicyclic) bond motifs is 5. The lowest BCUT2D eigenvalue weighted by Gasteiger charge is -2.31. The summed E-state index contributed by atoms with van der Waals surface area (Å²) in [5.41, 5.74) is 0.0679. The molecule has 21 heteroatoms. The van der Waals surface area contributed by atoms with E-state index in [2.05, 4.69) is 26.6 Å². The number of hydrogen-bond donors (Lipinski definition) is 6. The average molecular weight is 903 g/mol. The van der Waals surface area contributed by atoms with E-state index in [1.807, 2.05) is 0 Å². The first-order chi connectivity index (χ1) is 30.8. The second-order valence-electron chi connectivity index (χ2n) is 16.2. The Labute approximate surface area is 371 Å². The third-order valence-corrected chi connectivity index (χ3v) is 11.6. The molecule has 346 valence electrons. The van der Waals surface area contributed by atoms with E-state index in [0.29, 0.717) is 52.7 Å². The van der Waals surface area contributed by atoms with Crippen LogP contribution in [0.2, 0.25) is 0 Å². The number of aliphatic hydroxyl groups is 1. The number of nitrogens with zero attached hydrogens (tertiary/aromatic N) is 3. The molecule has 6 rings (SSSR count). The summed E-state index contributed by atoms with van der Waals surface area (Å²) in [4.78, 5) is 119. The number of carbonyl (C=O) groups is 8. The molecule has 1 aromatic carbocycles. The average Bonchev–Trinajstić information content (AvgIpc) is 3.80. The Hall–Kier alpha value is -6.87. The number of cyclic esters (lactones) is 1. The molecule has 65 heavy (non-hydrogen) atoms. The third-order valence-electron chi connectivity index (χ3n) is 11.6. The molecular weight excluding hydrogens is 852 g/mol. The number of carbonyl (C=O) groups excluding carboxylic acids is 8. The molecule has 5 heterocycles. The standard InChI is InChI=1S/C44H51FN8O12/c1-6-44(63)30-15-33-38-28(18-53(33)42(61)29(30)19-65-43(44)62)27(26-14-22(2)31(45)16-32(26)51-38)17-46-35(55)20-64-21-47-39(58)23(3)49-41(60)25(5)50-40(59)24(4)48-34(54)10-8-7-9-13-52-36(56)11-12-37(52)57/h11-12,14-16,23-25,63H,6-10,13,17-21H2,1-5H3,(H,46,55)(H,47,58)(H,48,54)(H,49,60)(H,50,59)/t23?,24?,25?,44-/m0/s1. The Morgan fingerprint density at radius 1 is 0.877 bits per heavy atom. The molecule has 0 saturated carbocycles. The molecule has 0 bridgehead atoms. The van der Waals surface area contributed by atoms with Crippen molar-refractivity contribution in [2.45, 2.75) is 110 Å². The number of aryl methyl sites for hydroxylation is 1. The van der Waals surface area contributed by atoms with Gasteiger partial charge in [0.05, 0.1) is 29.0 Å². The van der Waals surface area contributed by atoms with Gasteiger partial charge >= 0.3 is 5.97 Å². The summed E-state index contributed by atoms with van der Waals surface area (Å²) in [6.45, 7) is 6.42. The number of unbranched alkanes of at least 4 members (excludes halogenated alkanes) is 2. The minimum atomic E-state index is -2.04. The fourth-order valence-electron chi connectivity index (χ4n) is 7.72. The predicted octanol–water partition coefficient (Wildman–Crippen LogP) is 0.233. The third kappa shape index (κ3) is 10.3. The van der Waals surface area contributed by atoms with Crippen LogP contribution in [0.15, 0.2) is 35.1 Å². The number of esters is 1. The fraction of sp³-hybridized carbons (Fsp3) is 0.455. The zero-order chi connectivity index (χ0) is 47.3. The lowest BCUT2D eigenvalue weighted by molar-refractivity contribution is -0.172. The van der Waals surface area contributed by atoms with Gasteiger partial charge < -0.3 is 45.7 Å². The van der Waals surface area contributed by atoms with Gasteiger partial charge in [0.2, 0.25) is 29.5 Å². The van der Waals surface area contributed by atoms with E-state index in [4.69, 9.17) is 14.5 Å². The second kappa shape index (κ2) is 19.9. The van der Waals surface area contributed by atoms with Crippen molar-refractivity contribution in [2.24, 2.45) is 0 Å². The number of rotatable bonds is 19. The van der Waals surface area contributed by atoms with E-state index in [0.717, 1.165) is 4.90 Å². The molecule has 20 nitrogen and oxygen atoms in total. The van der Waals surface area contributed by atoms with Crippen LogP contribution >= 0.6 is 0 Å². The number of halogens is 1. The van der Waals surface area contributed by atoms with Gasteiger partial charge in [0.15, 0.2) is 5.60 Å². The number of imide groups is 1. The Kier molecular flexibility index (Phi) is 14.6. The van der Waals surface area contributed by atoms with E-state index >= 15 is 0 Å². The SMILES string of the molecule is CC[C@@]1(O)C(=O)OCc2c1cc1n(c2=O)Cc2c-1nc1cc(F)c(C)cc1c2CNC(=O)COCNC(=O)C(C)NC(=O)C(C)NC(=O)C(C)NC(=O)CCCCCN1C(=O)C=CC1=O. The zero-order valence-electron chi connectivity index (χ0n) is 36.6. The van der Waals surface area contributed by atoms with Crippen LogP contribution in [-0.2, 0) is 73.1 Å². The van der Waals surface area contributed by atoms with Crippen LogP contribution < -0.4 is 32.1 Å². The summed E-state index contributed by atoms with van der Waals surface area (Å²) >= 11 is 0. The normalized spacial score (nSPS) is 17.4. The number of nitrogens with one attached hydrogen (secondary N) is 5. The molecule has 6 N–H and O–H groups in total. The molecule has 3 aliphatic rings. The summed E-state index contributed by atoms with van der Waals surface area (Å²) in [5, 5.41) is 24.5. The monoisotopic (exact) mass is 902 g/mol. The van der Waals surface area contributed by atoms with Crippen LogP contribution in [0, 0.1) is 12.7 Å². The smallest absolute Gasteiger partial charge is 0.343 e. The van der Waals surface area contributed by atoms with E-state index in [1.165, 1.54) is 49.6 Å². The lowest BCUT2D eigenvalue weighted by atomic mass is 9.86. The van der Waals surface area contributed by atoms with Crippen LogP contribution in [0.5, 0.6) is 0 Å². The second-order valence-corrected chi connectivity index (χ2v) is 16.2. The molecule has 0 fully saturated rings. The fourth-order valence-corrected chi connectivity index (χ4v) is 7.72. The maximum absolute atomic E-state index is 14.8. The Bertz CT molecular complexity index is 2560. The van der Waals surface area contributed by atoms with Crippen molar-refractivity contribution in [3.63, 3.8) is 0 Å². The lowest BCUT2D eigenvalue weighted by Crippen LogP contribution is -2.54. The Morgan fingerprint density at radius 2 is 1.54 bits per heavy atom. The largest absolute Gasteiger partial charge is 0.458 e. The van der Waals surface area contributed by atoms with Crippen LogP contribution in [0.4, 0.5) is 4.39 Å². The summed E-state index contributed by atoms with van der Waals surface area (Å²) in [6, 6.07) is 1.26. The molecule has 0 radical (unpaired) electrons. The van der Waals surface area contributed by atoms with Gasteiger partial charge in [-0.2, -0.15) is 0 Å². The van der Waals surface area contributed by atoms with E-state index < -0.39 is 83.9 Å². The van der Waals surface area contributed by atoms with Crippen molar-refractivity contribution in [3.8, 4) is 11.4 Å². The van der Waals surface area contributed by atoms with Gasteiger partial charge in [0.25, 0.3) is 17.4 Å². The molecular formula is C44H51FN8O12. The summed E-state index contributed by atoms with van der Waals surface area (Å²) in [6.07, 6.45) is 4.05. The van der Waals surface area contributed by atoms with E-state index in [-0.39, 0.29) is 67.5 Å². The van der Waals surface area contributed by atoms with E-state index in [9.17, 15) is 52.6 Å². The topological polar surface area (TPSA) is 274 Å². The summed E-state index contributed by atoms with van der Waals surface area (Å²) in [7, 11) is 0. The molecule has 2 aromatic heterocycles. The maximum Gasteiger partial charge on any atom is 0.343 e. The summed E-state index contributed by atoms with van der Waals surface area (Å²) < 4.78 is 26.8. The van der Waals surface area contributed by atoms with Crippen molar-refractivity contribution in [2.75, 3.05) is 19.9 Å². The highest BCUT2D eigenvalue weighted by atomic mass is 19.1. The Morgan fingerprint density at radius 3 is 2.22 bits per heavy atom. The Balaban J connectivity index is 0.951. The maximum atomic E-state index is 14.8. The van der Waals surface area contributed by atoms with Gasteiger partial charge in [0.1, 0.15) is 43.9 Å². The van der Waals surface area contributed by atoms with Gasteiger partial charge in [-0.1, -0.05) is 13.3 Å². The molecule has 3 aromatic rings. The van der Waals surface area contributed by atoms with E-state index in [1.54, 1.807) is 19.9 Å². The first-order valence-electron chi connectivity index (χ1n) is 21.2. The van der Waals surface area contributed by atoms with Gasteiger partial charge in [0, 0.05) is 54.2 Å². The quantitative estimate of drug-likeness (QED) is 0.0319. The molecule has 0 aliphatic carbocycles. The molecule has 7 amide bonds. The van der Waals surface area contributed by atoms with Gasteiger partial charge in [-0.25, -0.2) is 14.2 Å². The highest BCUT2D eigenvalue weighted by Gasteiger charge is 2.45. The molecule has 3 unspecified atom stereocenters. The van der Waals surface area contributed by atoms with Gasteiger partial charge in [-0.05, 0) is 70.2 Å². The van der Waals surface area contributed by atoms with Crippen LogP contribution in [0.3, 0.4) is 0 Å². The molecule has 0 spiro atoms. The summed E-state index contributed by atoms with van der Waals surface area (Å²) in [5.74, 6) is -5.06. The van der Waals surface area contributed by atoms with Crippen molar-refractivity contribution >= 4 is 58.2 Å². The number of ether oxygens (including phenoxy) is 2. The molecule has 0 saturated heterocycles. The van der Waals surface area contributed by atoms with Crippen LogP contribution in [0.1, 0.15) is 87.6 Å². The first-order valence-corrected chi connectivity index (χ1v) is 21.2. The number of amides is 7. The minimum absolute atomic E-state index is 0.0386. The number of benzene rings is 1. The van der Waals surface area contributed by atoms with Gasteiger partial charge in [-0.3, -0.25) is 43.3 Å². The predicted molar refractivity (Wildman–Crippen MR) is 227 cm³/mol. The minimum Gasteiger partial charge on any atom is -0.458 e. The van der Waals surface area contributed by atoms with Crippen molar-refractivity contribution < 1.29 is 57.3 Å². The van der Waals surface area contributed by atoms with Crippen LogP contribution in [0.25, 0.3) is 22.3 Å².